The molecule has 6 heteroatoms. The molecule has 0 spiro atoms. The predicted octanol–water partition coefficient (Wildman–Crippen LogP) is 4.38. The molecule has 0 unspecified atom stereocenters. The third kappa shape index (κ3) is 4.21. The summed E-state index contributed by atoms with van der Waals surface area (Å²) in [6.45, 7) is 3.72. The summed E-state index contributed by atoms with van der Waals surface area (Å²) in [6, 6.07) is 10.4. The van der Waals surface area contributed by atoms with Crippen LogP contribution < -0.4 is 10.0 Å². The van der Waals surface area contributed by atoms with Crippen LogP contribution in [0.2, 0.25) is 0 Å². The first kappa shape index (κ1) is 17.9. The molecule has 0 saturated heterocycles. The summed E-state index contributed by atoms with van der Waals surface area (Å²) in [6.07, 6.45) is 9.60. The molecule has 0 bridgehead atoms. The SMILES string of the molecule is C=C/C=C(\N=C1/CC(c2ccncc2)=C(c2ccc(F)cc2)N1)NSC. The van der Waals surface area contributed by atoms with Gasteiger partial charge >= 0.3 is 0 Å². The highest BCUT2D eigenvalue weighted by molar-refractivity contribution is 7.96. The molecule has 1 aromatic heterocycles. The van der Waals surface area contributed by atoms with E-state index in [1.807, 2.05) is 24.5 Å². The molecule has 2 heterocycles. The maximum atomic E-state index is 13.3. The van der Waals surface area contributed by atoms with E-state index in [0.29, 0.717) is 12.2 Å². The molecular weight excluding hydrogens is 347 g/mol. The number of pyridine rings is 1. The van der Waals surface area contributed by atoms with Gasteiger partial charge in [0.1, 0.15) is 17.5 Å². The lowest BCUT2D eigenvalue weighted by Crippen LogP contribution is -2.17. The fourth-order valence-corrected chi connectivity index (χ4v) is 3.03. The van der Waals surface area contributed by atoms with Crippen molar-refractivity contribution in [3.63, 3.8) is 0 Å². The molecule has 0 atom stereocenters. The van der Waals surface area contributed by atoms with Crippen LogP contribution in [0.25, 0.3) is 11.3 Å². The Morgan fingerprint density at radius 2 is 1.96 bits per heavy atom. The van der Waals surface area contributed by atoms with E-state index in [2.05, 4.69) is 26.6 Å². The van der Waals surface area contributed by atoms with Gasteiger partial charge in [0.2, 0.25) is 0 Å². The lowest BCUT2D eigenvalue weighted by Gasteiger charge is -2.08. The summed E-state index contributed by atoms with van der Waals surface area (Å²) >= 11 is 1.46. The molecular formula is C20H19FN4S. The highest BCUT2D eigenvalue weighted by Gasteiger charge is 2.22. The van der Waals surface area contributed by atoms with Gasteiger partial charge in [-0.2, -0.15) is 0 Å². The number of aliphatic imine (C=N–C) groups is 1. The van der Waals surface area contributed by atoms with Crippen LogP contribution in [0, 0.1) is 5.82 Å². The van der Waals surface area contributed by atoms with Gasteiger partial charge in [-0.15, -0.1) is 0 Å². The maximum absolute atomic E-state index is 13.3. The summed E-state index contributed by atoms with van der Waals surface area (Å²) in [5.41, 5.74) is 4.00. The Morgan fingerprint density at radius 3 is 2.62 bits per heavy atom. The third-order valence-electron chi connectivity index (χ3n) is 3.81. The maximum Gasteiger partial charge on any atom is 0.137 e. The van der Waals surface area contributed by atoms with Gasteiger partial charge in [0.05, 0.1) is 5.70 Å². The van der Waals surface area contributed by atoms with Gasteiger partial charge < -0.3 is 10.0 Å². The van der Waals surface area contributed by atoms with Crippen LogP contribution >= 0.6 is 11.9 Å². The first-order chi connectivity index (χ1) is 12.7. The number of allylic oxidation sites excluding steroid dienone is 2. The van der Waals surface area contributed by atoms with E-state index in [1.54, 1.807) is 30.6 Å². The number of nitrogens with one attached hydrogen (secondary N) is 2. The molecule has 3 rings (SSSR count). The molecule has 2 N–H and O–H groups in total. The summed E-state index contributed by atoms with van der Waals surface area (Å²) < 4.78 is 16.4. The van der Waals surface area contributed by atoms with E-state index in [4.69, 9.17) is 0 Å². The average molecular weight is 366 g/mol. The molecule has 132 valence electrons. The summed E-state index contributed by atoms with van der Waals surface area (Å²) in [5.74, 6) is 1.27. The second-order valence-electron chi connectivity index (χ2n) is 5.55. The first-order valence-corrected chi connectivity index (χ1v) is 9.29. The van der Waals surface area contributed by atoms with Crippen molar-refractivity contribution in [2.75, 3.05) is 6.26 Å². The van der Waals surface area contributed by atoms with Crippen molar-refractivity contribution in [2.45, 2.75) is 6.42 Å². The fraction of sp³-hybridized carbons (Fsp3) is 0.100. The van der Waals surface area contributed by atoms with Crippen molar-refractivity contribution in [3.8, 4) is 0 Å². The number of aromatic nitrogens is 1. The minimum Gasteiger partial charge on any atom is -0.343 e. The van der Waals surface area contributed by atoms with Crippen molar-refractivity contribution in [2.24, 2.45) is 4.99 Å². The zero-order valence-electron chi connectivity index (χ0n) is 14.4. The van der Waals surface area contributed by atoms with E-state index in [0.717, 1.165) is 28.2 Å². The predicted molar refractivity (Wildman–Crippen MR) is 108 cm³/mol. The van der Waals surface area contributed by atoms with Gasteiger partial charge in [-0.05, 0) is 59.2 Å². The second kappa shape index (κ2) is 8.49. The summed E-state index contributed by atoms with van der Waals surface area (Å²) in [7, 11) is 0. The number of amidine groups is 1. The highest BCUT2D eigenvalue weighted by Crippen LogP contribution is 2.32. The zero-order valence-corrected chi connectivity index (χ0v) is 15.2. The molecule has 0 amide bonds. The average Bonchev–Trinajstić information content (AvgIpc) is 3.07. The van der Waals surface area contributed by atoms with Crippen LogP contribution in [0.15, 0.2) is 78.3 Å². The topological polar surface area (TPSA) is 49.3 Å². The molecule has 1 aliphatic rings. The molecule has 26 heavy (non-hydrogen) atoms. The zero-order chi connectivity index (χ0) is 18.4. The van der Waals surface area contributed by atoms with Crippen molar-refractivity contribution < 1.29 is 4.39 Å². The molecule has 2 aromatic rings. The van der Waals surface area contributed by atoms with E-state index >= 15 is 0 Å². The number of hydrogen-bond donors (Lipinski definition) is 2. The Labute approximate surface area is 156 Å². The molecule has 0 fully saturated rings. The highest BCUT2D eigenvalue weighted by atomic mass is 32.2. The van der Waals surface area contributed by atoms with Gasteiger partial charge in [0.25, 0.3) is 0 Å². The fourth-order valence-electron chi connectivity index (χ4n) is 2.71. The van der Waals surface area contributed by atoms with E-state index in [1.165, 1.54) is 24.1 Å². The smallest absolute Gasteiger partial charge is 0.137 e. The van der Waals surface area contributed by atoms with Gasteiger partial charge in [-0.1, -0.05) is 24.6 Å². The number of halogens is 1. The molecule has 0 saturated carbocycles. The first-order valence-electron chi connectivity index (χ1n) is 8.07. The Kier molecular flexibility index (Phi) is 5.86. The van der Waals surface area contributed by atoms with Crippen LogP contribution in [-0.4, -0.2) is 17.1 Å². The Bertz CT molecular complexity index is 870. The van der Waals surface area contributed by atoms with Crippen molar-refractivity contribution in [3.05, 3.63) is 90.3 Å². The van der Waals surface area contributed by atoms with Crippen LogP contribution in [0.3, 0.4) is 0 Å². The van der Waals surface area contributed by atoms with Gasteiger partial charge in [-0.25, -0.2) is 9.38 Å². The largest absolute Gasteiger partial charge is 0.343 e. The van der Waals surface area contributed by atoms with Crippen molar-refractivity contribution in [1.82, 2.24) is 15.0 Å². The Hall–Kier alpha value is -2.86. The van der Waals surface area contributed by atoms with Gasteiger partial charge in [0.15, 0.2) is 0 Å². The molecule has 0 aliphatic carbocycles. The van der Waals surface area contributed by atoms with Crippen LogP contribution in [0.1, 0.15) is 17.5 Å². The molecule has 1 aliphatic heterocycles. The van der Waals surface area contributed by atoms with E-state index in [-0.39, 0.29) is 5.82 Å². The van der Waals surface area contributed by atoms with Crippen LogP contribution in [0.5, 0.6) is 0 Å². The van der Waals surface area contributed by atoms with Crippen molar-refractivity contribution >= 4 is 29.1 Å². The van der Waals surface area contributed by atoms with E-state index in [9.17, 15) is 4.39 Å². The number of hydrogen-bond acceptors (Lipinski definition) is 4. The minimum atomic E-state index is -0.257. The minimum absolute atomic E-state index is 0.257. The molecule has 1 aromatic carbocycles. The molecule has 4 nitrogen and oxygen atoms in total. The van der Waals surface area contributed by atoms with Gasteiger partial charge in [-0.3, -0.25) is 4.98 Å². The van der Waals surface area contributed by atoms with Crippen LogP contribution in [0.4, 0.5) is 4.39 Å². The monoisotopic (exact) mass is 366 g/mol. The standard InChI is InChI=1S/C20H19FN4S/c1-3-4-18(25-26-2)23-19-13-17(14-9-11-22-12-10-14)20(24-19)15-5-7-16(21)8-6-15/h3-12,25H,1,13H2,2H3,(H,23,24)/b18-4+. The summed E-state index contributed by atoms with van der Waals surface area (Å²) in [4.78, 5) is 8.74. The Balaban J connectivity index is 2.00. The van der Waals surface area contributed by atoms with Gasteiger partial charge in [0, 0.05) is 25.1 Å². The number of benzene rings is 1. The van der Waals surface area contributed by atoms with E-state index < -0.39 is 0 Å². The Morgan fingerprint density at radius 1 is 1.23 bits per heavy atom. The van der Waals surface area contributed by atoms with Crippen LogP contribution in [-0.2, 0) is 0 Å². The lowest BCUT2D eigenvalue weighted by molar-refractivity contribution is 0.627. The second-order valence-corrected chi connectivity index (χ2v) is 6.16. The number of nitrogens with zero attached hydrogens (tertiary/aromatic N) is 2. The summed E-state index contributed by atoms with van der Waals surface area (Å²) in [5, 5.41) is 3.38. The molecule has 0 radical (unpaired) electrons. The quantitative estimate of drug-likeness (QED) is 0.589. The third-order valence-corrected chi connectivity index (χ3v) is 4.23. The normalized spacial score (nSPS) is 15.9. The number of rotatable bonds is 6. The lowest BCUT2D eigenvalue weighted by atomic mass is 10.0. The van der Waals surface area contributed by atoms with Crippen molar-refractivity contribution in [1.29, 1.82) is 0 Å².